The van der Waals surface area contributed by atoms with Gasteiger partial charge in [0.25, 0.3) is 0 Å². The summed E-state index contributed by atoms with van der Waals surface area (Å²) in [7, 11) is 1.69. The average molecular weight is 292 g/mol. The number of aryl methyl sites for hydroxylation is 2. The maximum Gasteiger partial charge on any atom is 0.345 e. The van der Waals surface area contributed by atoms with Crippen LogP contribution in [-0.2, 0) is 11.8 Å². The minimum atomic E-state index is -0.0481. The van der Waals surface area contributed by atoms with Gasteiger partial charge >= 0.3 is 5.69 Å². The summed E-state index contributed by atoms with van der Waals surface area (Å²) in [4.78, 5) is 26.5. The Balaban J connectivity index is 1.65. The minimum Gasteiger partial charge on any atom is -0.342 e. The number of aromatic nitrogens is 3. The molecule has 0 bridgehead atoms. The third kappa shape index (κ3) is 2.63. The molecular weight excluding hydrogens is 268 g/mol. The fourth-order valence-electron chi connectivity index (χ4n) is 3.80. The molecule has 1 saturated heterocycles. The molecule has 0 N–H and O–H groups in total. The number of nitrogens with zero attached hydrogens (tertiary/aromatic N) is 4. The smallest absolute Gasteiger partial charge is 0.342 e. The van der Waals surface area contributed by atoms with Gasteiger partial charge in [0.1, 0.15) is 5.82 Å². The van der Waals surface area contributed by atoms with Crippen LogP contribution >= 0.6 is 0 Å². The Bertz CT molecular complexity index is 575. The van der Waals surface area contributed by atoms with E-state index in [4.69, 9.17) is 0 Å². The topological polar surface area (TPSA) is 60.1 Å². The molecule has 0 atom stereocenters. The second-order valence-electron chi connectivity index (χ2n) is 6.36. The van der Waals surface area contributed by atoms with E-state index >= 15 is 0 Å². The van der Waals surface area contributed by atoms with Crippen molar-refractivity contribution in [2.24, 2.45) is 13.0 Å². The summed E-state index contributed by atoms with van der Waals surface area (Å²) >= 11 is 0. The lowest BCUT2D eigenvalue weighted by atomic mass is 10.0. The lowest BCUT2D eigenvalue weighted by Gasteiger charge is -2.34. The highest BCUT2D eigenvalue weighted by Crippen LogP contribution is 2.29. The Morgan fingerprint density at radius 3 is 2.29 bits per heavy atom. The number of carbonyl (C=O) groups is 1. The fourth-order valence-corrected chi connectivity index (χ4v) is 3.80. The van der Waals surface area contributed by atoms with Crippen LogP contribution in [0.25, 0.3) is 0 Å². The summed E-state index contributed by atoms with van der Waals surface area (Å²) in [6.07, 6.45) is 6.20. The SMILES string of the molecule is Cc1nn(C)c(=O)n1C1CCN(C(=O)C2CCCC2)CC1. The van der Waals surface area contributed by atoms with Gasteiger partial charge in [0, 0.05) is 32.1 Å². The molecule has 2 aliphatic rings. The molecule has 0 spiro atoms. The molecule has 21 heavy (non-hydrogen) atoms. The van der Waals surface area contributed by atoms with Crippen LogP contribution in [0, 0.1) is 12.8 Å². The molecule has 2 heterocycles. The van der Waals surface area contributed by atoms with Gasteiger partial charge in [0.2, 0.25) is 5.91 Å². The summed E-state index contributed by atoms with van der Waals surface area (Å²) in [6, 6.07) is 0.179. The first kappa shape index (κ1) is 14.4. The van der Waals surface area contributed by atoms with Crippen LogP contribution in [0.1, 0.15) is 50.4 Å². The first-order chi connectivity index (χ1) is 10.1. The van der Waals surface area contributed by atoms with Crippen LogP contribution in [0.2, 0.25) is 0 Å². The molecular formula is C15H24N4O2. The minimum absolute atomic E-state index is 0.0481. The second kappa shape index (κ2) is 5.66. The molecule has 1 aromatic rings. The Kier molecular flexibility index (Phi) is 3.87. The molecule has 3 rings (SSSR count). The van der Waals surface area contributed by atoms with Gasteiger partial charge in [0.15, 0.2) is 0 Å². The van der Waals surface area contributed by atoms with Gasteiger partial charge in [-0.25, -0.2) is 9.48 Å². The van der Waals surface area contributed by atoms with Crippen LogP contribution in [0.4, 0.5) is 0 Å². The maximum absolute atomic E-state index is 12.4. The molecule has 1 aliphatic heterocycles. The molecule has 116 valence electrons. The fraction of sp³-hybridized carbons (Fsp3) is 0.800. The molecule has 0 aromatic carbocycles. The van der Waals surface area contributed by atoms with E-state index in [2.05, 4.69) is 5.10 Å². The lowest BCUT2D eigenvalue weighted by Crippen LogP contribution is -2.43. The molecule has 1 aromatic heterocycles. The third-order valence-corrected chi connectivity index (χ3v) is 4.97. The van der Waals surface area contributed by atoms with Crippen LogP contribution in [0.15, 0.2) is 4.79 Å². The van der Waals surface area contributed by atoms with E-state index in [1.807, 2.05) is 11.8 Å². The molecule has 1 amide bonds. The number of hydrogen-bond donors (Lipinski definition) is 0. The molecule has 0 unspecified atom stereocenters. The zero-order valence-corrected chi connectivity index (χ0v) is 12.9. The van der Waals surface area contributed by atoms with Crippen molar-refractivity contribution in [2.45, 2.75) is 51.5 Å². The van der Waals surface area contributed by atoms with Gasteiger partial charge in [-0.15, -0.1) is 0 Å². The van der Waals surface area contributed by atoms with Gasteiger partial charge in [0.05, 0.1) is 0 Å². The van der Waals surface area contributed by atoms with E-state index in [0.29, 0.717) is 5.91 Å². The van der Waals surface area contributed by atoms with Crippen LogP contribution < -0.4 is 5.69 Å². The monoisotopic (exact) mass is 292 g/mol. The largest absolute Gasteiger partial charge is 0.345 e. The van der Waals surface area contributed by atoms with E-state index in [1.54, 1.807) is 11.6 Å². The van der Waals surface area contributed by atoms with E-state index in [0.717, 1.165) is 44.6 Å². The van der Waals surface area contributed by atoms with Crippen molar-refractivity contribution in [1.82, 2.24) is 19.2 Å². The average Bonchev–Trinajstić information content (AvgIpc) is 3.08. The molecule has 1 saturated carbocycles. The van der Waals surface area contributed by atoms with Gasteiger partial charge < -0.3 is 4.90 Å². The number of rotatable bonds is 2. The Labute approximate surface area is 124 Å². The quantitative estimate of drug-likeness (QED) is 0.824. The molecule has 1 aliphatic carbocycles. The van der Waals surface area contributed by atoms with Crippen molar-refractivity contribution in [1.29, 1.82) is 0 Å². The summed E-state index contributed by atoms with van der Waals surface area (Å²) in [5, 5.41) is 4.19. The van der Waals surface area contributed by atoms with Crippen molar-refractivity contribution < 1.29 is 4.79 Å². The zero-order chi connectivity index (χ0) is 15.0. The van der Waals surface area contributed by atoms with Crippen molar-refractivity contribution in [3.63, 3.8) is 0 Å². The summed E-state index contributed by atoms with van der Waals surface area (Å²) in [6.45, 7) is 3.40. The van der Waals surface area contributed by atoms with E-state index in [1.165, 1.54) is 17.5 Å². The lowest BCUT2D eigenvalue weighted by molar-refractivity contribution is -0.136. The van der Waals surface area contributed by atoms with Gasteiger partial charge in [-0.05, 0) is 32.6 Å². The second-order valence-corrected chi connectivity index (χ2v) is 6.36. The van der Waals surface area contributed by atoms with Crippen molar-refractivity contribution in [3.8, 4) is 0 Å². The molecule has 6 nitrogen and oxygen atoms in total. The van der Waals surface area contributed by atoms with E-state index in [9.17, 15) is 9.59 Å². The van der Waals surface area contributed by atoms with Crippen LogP contribution in [-0.4, -0.2) is 38.2 Å². The first-order valence-corrected chi connectivity index (χ1v) is 7.99. The van der Waals surface area contributed by atoms with E-state index in [-0.39, 0.29) is 17.6 Å². The number of hydrogen-bond acceptors (Lipinski definition) is 3. The summed E-state index contributed by atoms with van der Waals surface area (Å²) < 4.78 is 3.18. The van der Waals surface area contributed by atoms with Crippen molar-refractivity contribution in [2.75, 3.05) is 13.1 Å². The number of piperidine rings is 1. The Hall–Kier alpha value is -1.59. The van der Waals surface area contributed by atoms with Gasteiger partial charge in [-0.3, -0.25) is 9.36 Å². The van der Waals surface area contributed by atoms with Gasteiger partial charge in [-0.1, -0.05) is 12.8 Å². The number of likely N-dealkylation sites (tertiary alicyclic amines) is 1. The molecule has 2 fully saturated rings. The summed E-state index contributed by atoms with van der Waals surface area (Å²) in [5.41, 5.74) is -0.0481. The van der Waals surface area contributed by atoms with Gasteiger partial charge in [-0.2, -0.15) is 5.10 Å². The van der Waals surface area contributed by atoms with Crippen LogP contribution in [0.5, 0.6) is 0 Å². The predicted molar refractivity (Wildman–Crippen MR) is 79.0 cm³/mol. The maximum atomic E-state index is 12.4. The van der Waals surface area contributed by atoms with E-state index < -0.39 is 0 Å². The molecule has 0 radical (unpaired) electrons. The normalized spacial score (nSPS) is 21.1. The first-order valence-electron chi connectivity index (χ1n) is 7.99. The standard InChI is InChI=1S/C15H24N4O2/c1-11-16-17(2)15(21)19(11)13-7-9-18(10-8-13)14(20)12-5-3-4-6-12/h12-13H,3-10H2,1-2H3. The van der Waals surface area contributed by atoms with Crippen molar-refractivity contribution >= 4 is 5.91 Å². The zero-order valence-electron chi connectivity index (χ0n) is 12.9. The predicted octanol–water partition coefficient (Wildman–Crippen LogP) is 1.24. The third-order valence-electron chi connectivity index (χ3n) is 4.97. The number of carbonyl (C=O) groups excluding carboxylic acids is 1. The Morgan fingerprint density at radius 1 is 1.14 bits per heavy atom. The highest BCUT2D eigenvalue weighted by molar-refractivity contribution is 5.79. The summed E-state index contributed by atoms with van der Waals surface area (Å²) in [5.74, 6) is 1.36. The highest BCUT2D eigenvalue weighted by atomic mass is 16.2. The van der Waals surface area contributed by atoms with Crippen molar-refractivity contribution in [3.05, 3.63) is 16.3 Å². The Morgan fingerprint density at radius 2 is 1.76 bits per heavy atom. The number of amides is 1. The van der Waals surface area contributed by atoms with Crippen LogP contribution in [0.3, 0.4) is 0 Å². The molecule has 6 heteroatoms. The highest BCUT2D eigenvalue weighted by Gasteiger charge is 2.31.